The Hall–Kier alpha value is -0.0800. The van der Waals surface area contributed by atoms with E-state index in [-0.39, 0.29) is 0 Å². The molecule has 0 spiro atoms. The van der Waals surface area contributed by atoms with Crippen LogP contribution in [0.25, 0.3) is 0 Å². The quantitative estimate of drug-likeness (QED) is 0.765. The summed E-state index contributed by atoms with van der Waals surface area (Å²) in [4.78, 5) is 2.72. The second-order valence-corrected chi connectivity index (χ2v) is 5.77. The maximum Gasteiger partial charge on any atom is 0.0182 e. The SMILES string of the molecule is CCCNC1CCN(C2(C)CC2)CC1C. The molecule has 0 aromatic rings. The molecule has 0 aromatic heterocycles. The first-order valence-electron chi connectivity index (χ1n) is 6.64. The van der Waals surface area contributed by atoms with E-state index < -0.39 is 0 Å². The number of hydrogen-bond acceptors (Lipinski definition) is 2. The number of likely N-dealkylation sites (tertiary alicyclic amines) is 1. The molecule has 0 bridgehead atoms. The van der Waals surface area contributed by atoms with Crippen molar-refractivity contribution in [2.24, 2.45) is 5.92 Å². The largest absolute Gasteiger partial charge is 0.314 e. The first-order chi connectivity index (χ1) is 7.15. The van der Waals surface area contributed by atoms with Crippen molar-refractivity contribution in [3.63, 3.8) is 0 Å². The van der Waals surface area contributed by atoms with E-state index >= 15 is 0 Å². The highest BCUT2D eigenvalue weighted by Crippen LogP contribution is 2.42. The van der Waals surface area contributed by atoms with Crippen LogP contribution in [0.4, 0.5) is 0 Å². The van der Waals surface area contributed by atoms with Crippen LogP contribution in [0.3, 0.4) is 0 Å². The molecule has 2 heteroatoms. The Morgan fingerprint density at radius 1 is 1.40 bits per heavy atom. The first-order valence-corrected chi connectivity index (χ1v) is 6.64. The second-order valence-electron chi connectivity index (χ2n) is 5.77. The minimum absolute atomic E-state index is 0.587. The molecule has 2 unspecified atom stereocenters. The van der Waals surface area contributed by atoms with Gasteiger partial charge in [0.1, 0.15) is 0 Å². The van der Waals surface area contributed by atoms with Crippen LogP contribution in [0.5, 0.6) is 0 Å². The van der Waals surface area contributed by atoms with Crippen LogP contribution in [0.1, 0.15) is 46.5 Å². The summed E-state index contributed by atoms with van der Waals surface area (Å²) in [5.74, 6) is 0.822. The van der Waals surface area contributed by atoms with Crippen molar-refractivity contribution in [1.82, 2.24) is 10.2 Å². The summed E-state index contributed by atoms with van der Waals surface area (Å²) in [6.45, 7) is 10.9. The van der Waals surface area contributed by atoms with Gasteiger partial charge in [0.05, 0.1) is 0 Å². The highest BCUT2D eigenvalue weighted by atomic mass is 15.2. The van der Waals surface area contributed by atoms with Crippen LogP contribution in [0.15, 0.2) is 0 Å². The molecule has 2 nitrogen and oxygen atoms in total. The zero-order valence-corrected chi connectivity index (χ0v) is 10.6. The number of hydrogen-bond donors (Lipinski definition) is 1. The molecule has 0 amide bonds. The molecule has 0 aromatic carbocycles. The number of rotatable bonds is 4. The Bertz CT molecular complexity index is 211. The topological polar surface area (TPSA) is 15.3 Å². The molecule has 2 fully saturated rings. The van der Waals surface area contributed by atoms with Crippen molar-refractivity contribution in [3.05, 3.63) is 0 Å². The van der Waals surface area contributed by atoms with Crippen LogP contribution >= 0.6 is 0 Å². The standard InChI is InChI=1S/C13H26N2/c1-4-8-14-12-5-9-15(10-11(12)2)13(3)6-7-13/h11-12,14H,4-10H2,1-3H3. The molecule has 1 saturated carbocycles. The minimum Gasteiger partial charge on any atom is -0.314 e. The van der Waals surface area contributed by atoms with E-state index in [1.54, 1.807) is 0 Å². The molecule has 1 N–H and O–H groups in total. The van der Waals surface area contributed by atoms with Gasteiger partial charge in [0.25, 0.3) is 0 Å². The molecule has 1 aliphatic heterocycles. The zero-order valence-electron chi connectivity index (χ0n) is 10.6. The van der Waals surface area contributed by atoms with E-state index in [1.165, 1.54) is 45.3 Å². The van der Waals surface area contributed by atoms with Gasteiger partial charge in [-0.3, -0.25) is 4.90 Å². The molecule has 15 heavy (non-hydrogen) atoms. The van der Waals surface area contributed by atoms with Crippen LogP contribution in [0.2, 0.25) is 0 Å². The Morgan fingerprint density at radius 2 is 2.13 bits per heavy atom. The zero-order chi connectivity index (χ0) is 10.9. The number of nitrogens with zero attached hydrogens (tertiary/aromatic N) is 1. The maximum atomic E-state index is 3.69. The first kappa shape index (κ1) is 11.4. The van der Waals surface area contributed by atoms with Crippen molar-refractivity contribution in [2.75, 3.05) is 19.6 Å². The van der Waals surface area contributed by atoms with Crippen molar-refractivity contribution in [1.29, 1.82) is 0 Å². The Balaban J connectivity index is 1.80. The molecule has 0 radical (unpaired) electrons. The summed E-state index contributed by atoms with van der Waals surface area (Å²) in [5.41, 5.74) is 0.587. The van der Waals surface area contributed by atoms with Gasteiger partial charge in [-0.05, 0) is 45.1 Å². The monoisotopic (exact) mass is 210 g/mol. The third kappa shape index (κ3) is 2.54. The van der Waals surface area contributed by atoms with Crippen molar-refractivity contribution < 1.29 is 0 Å². The molecule has 2 aliphatic rings. The van der Waals surface area contributed by atoms with E-state index in [1.807, 2.05) is 0 Å². The van der Waals surface area contributed by atoms with Gasteiger partial charge in [0.2, 0.25) is 0 Å². The molecule has 2 rings (SSSR count). The van der Waals surface area contributed by atoms with E-state index in [0.717, 1.165) is 12.0 Å². The van der Waals surface area contributed by atoms with E-state index in [2.05, 4.69) is 31.0 Å². The van der Waals surface area contributed by atoms with E-state index in [0.29, 0.717) is 5.54 Å². The summed E-state index contributed by atoms with van der Waals surface area (Å²) in [6.07, 6.45) is 5.45. The van der Waals surface area contributed by atoms with Crippen molar-refractivity contribution in [3.8, 4) is 0 Å². The average Bonchev–Trinajstić information content (AvgIpc) is 2.96. The van der Waals surface area contributed by atoms with Gasteiger partial charge < -0.3 is 5.32 Å². The van der Waals surface area contributed by atoms with Gasteiger partial charge in [0, 0.05) is 24.7 Å². The van der Waals surface area contributed by atoms with Gasteiger partial charge >= 0.3 is 0 Å². The smallest absolute Gasteiger partial charge is 0.0182 e. The van der Waals surface area contributed by atoms with E-state index in [9.17, 15) is 0 Å². The maximum absolute atomic E-state index is 3.69. The molecule has 2 atom stereocenters. The molecule has 1 heterocycles. The predicted molar refractivity (Wildman–Crippen MR) is 65.1 cm³/mol. The Morgan fingerprint density at radius 3 is 2.67 bits per heavy atom. The molecule has 1 aliphatic carbocycles. The van der Waals surface area contributed by atoms with E-state index in [4.69, 9.17) is 0 Å². The second kappa shape index (κ2) is 4.42. The number of piperidine rings is 1. The lowest BCUT2D eigenvalue weighted by molar-refractivity contribution is 0.0993. The van der Waals surface area contributed by atoms with Crippen molar-refractivity contribution >= 4 is 0 Å². The van der Waals surface area contributed by atoms with Crippen molar-refractivity contribution in [2.45, 2.75) is 58.0 Å². The highest BCUT2D eigenvalue weighted by molar-refractivity contribution is 5.02. The summed E-state index contributed by atoms with van der Waals surface area (Å²) in [5, 5.41) is 3.69. The summed E-state index contributed by atoms with van der Waals surface area (Å²) < 4.78 is 0. The van der Waals surface area contributed by atoms with Crippen LogP contribution in [-0.4, -0.2) is 36.1 Å². The highest BCUT2D eigenvalue weighted by Gasteiger charge is 2.45. The van der Waals surface area contributed by atoms with Gasteiger partial charge in [-0.2, -0.15) is 0 Å². The van der Waals surface area contributed by atoms with Crippen LogP contribution in [-0.2, 0) is 0 Å². The fourth-order valence-corrected chi connectivity index (χ4v) is 2.77. The van der Waals surface area contributed by atoms with Gasteiger partial charge in [-0.1, -0.05) is 13.8 Å². The minimum atomic E-state index is 0.587. The lowest BCUT2D eigenvalue weighted by Crippen LogP contribution is -2.51. The van der Waals surface area contributed by atoms with Gasteiger partial charge in [0.15, 0.2) is 0 Å². The third-order valence-corrected chi connectivity index (χ3v) is 4.30. The third-order valence-electron chi connectivity index (χ3n) is 4.30. The number of nitrogens with one attached hydrogen (secondary N) is 1. The summed E-state index contributed by atoms with van der Waals surface area (Å²) in [7, 11) is 0. The molecule has 1 saturated heterocycles. The predicted octanol–water partition coefficient (Wildman–Crippen LogP) is 2.25. The van der Waals surface area contributed by atoms with Gasteiger partial charge in [-0.15, -0.1) is 0 Å². The fraction of sp³-hybridized carbons (Fsp3) is 1.00. The lowest BCUT2D eigenvalue weighted by Gasteiger charge is -2.40. The summed E-state index contributed by atoms with van der Waals surface area (Å²) >= 11 is 0. The van der Waals surface area contributed by atoms with Crippen LogP contribution < -0.4 is 5.32 Å². The molecular formula is C13H26N2. The fourth-order valence-electron chi connectivity index (χ4n) is 2.77. The molecule has 88 valence electrons. The summed E-state index contributed by atoms with van der Waals surface area (Å²) in [6, 6.07) is 0.767. The average molecular weight is 210 g/mol. The Labute approximate surface area is 94.4 Å². The normalized spacial score (nSPS) is 35.4. The van der Waals surface area contributed by atoms with Gasteiger partial charge in [-0.25, -0.2) is 0 Å². The lowest BCUT2D eigenvalue weighted by atomic mass is 9.92. The van der Waals surface area contributed by atoms with Crippen LogP contribution in [0, 0.1) is 5.92 Å². The Kier molecular flexibility index (Phi) is 3.36. The molecular weight excluding hydrogens is 184 g/mol.